The molecule has 1 aliphatic carbocycles. The Balaban J connectivity index is 1.72. The monoisotopic (exact) mass is 916 g/mol. The highest BCUT2D eigenvalue weighted by molar-refractivity contribution is 6.74. The Labute approximate surface area is 386 Å². The predicted octanol–water partition coefficient (Wildman–Crippen LogP) is 9.09. The van der Waals surface area contributed by atoms with Gasteiger partial charge in [-0.3, -0.25) is 14.4 Å². The molecule has 64 heavy (non-hydrogen) atoms. The lowest BCUT2D eigenvalue weighted by atomic mass is 9.82. The summed E-state index contributed by atoms with van der Waals surface area (Å²) in [6.45, 7) is 27.6. The highest BCUT2D eigenvalue weighted by Crippen LogP contribution is 2.42. The summed E-state index contributed by atoms with van der Waals surface area (Å²) in [6, 6.07) is -1.04. The fourth-order valence-corrected chi connectivity index (χ4v) is 11.6. The smallest absolute Gasteiger partial charge is 0.329 e. The molecule has 1 N–H and O–H groups in total. The number of ketones is 2. The van der Waals surface area contributed by atoms with Gasteiger partial charge in [-0.05, 0) is 126 Å². The number of methoxy groups -OCH3 is 2. The molecule has 0 aromatic heterocycles. The van der Waals surface area contributed by atoms with E-state index in [9.17, 15) is 24.3 Å². The second-order valence-corrected chi connectivity index (χ2v) is 26.0. The van der Waals surface area contributed by atoms with E-state index < -0.39 is 68.1 Å². The van der Waals surface area contributed by atoms with Gasteiger partial charge in [-0.1, -0.05) is 72.3 Å². The molecule has 13 unspecified atom stereocenters. The Morgan fingerprint density at radius 2 is 1.64 bits per heavy atom. The van der Waals surface area contributed by atoms with Gasteiger partial charge in [-0.15, -0.1) is 6.58 Å². The lowest BCUT2D eigenvalue weighted by molar-refractivity contribution is -0.302. The minimum atomic E-state index is -2.47. The summed E-state index contributed by atoms with van der Waals surface area (Å²) in [5.41, 5.74) is 1.96. The van der Waals surface area contributed by atoms with Crippen LogP contribution in [0.15, 0.2) is 36.0 Å². The van der Waals surface area contributed by atoms with Crippen molar-refractivity contribution in [3.05, 3.63) is 36.0 Å². The molecule has 2 saturated heterocycles. The van der Waals surface area contributed by atoms with Crippen molar-refractivity contribution in [1.82, 2.24) is 4.90 Å². The van der Waals surface area contributed by atoms with E-state index >= 15 is 0 Å². The van der Waals surface area contributed by atoms with Gasteiger partial charge in [0.2, 0.25) is 5.79 Å². The highest BCUT2D eigenvalue weighted by atomic mass is 28.4. The molecular weight excluding hydrogens is 831 g/mol. The summed E-state index contributed by atoms with van der Waals surface area (Å²) < 4.78 is 37.9. The lowest BCUT2D eigenvalue weighted by Gasteiger charge is -2.47. The van der Waals surface area contributed by atoms with Crippen molar-refractivity contribution in [3.63, 3.8) is 0 Å². The molecule has 4 aliphatic rings. The number of esters is 1. The third-order valence-corrected chi connectivity index (χ3v) is 19.6. The fourth-order valence-electron chi connectivity index (χ4n) is 10.2. The van der Waals surface area contributed by atoms with Crippen LogP contribution in [0.3, 0.4) is 0 Å². The molecule has 0 aromatic carbocycles. The Hall–Kier alpha value is -2.52. The summed E-state index contributed by atoms with van der Waals surface area (Å²) >= 11 is 0. The average Bonchev–Trinajstić information content (AvgIpc) is 3.24. The molecule has 13 heteroatoms. The van der Waals surface area contributed by atoms with Crippen molar-refractivity contribution in [2.24, 2.45) is 29.6 Å². The first-order valence-corrected chi connectivity index (χ1v) is 27.2. The second kappa shape index (κ2) is 23.5. The Morgan fingerprint density at radius 1 is 0.969 bits per heavy atom. The number of nitrogens with zero attached hydrogens (tertiary/aromatic N) is 1. The SMILES string of the molecule is C=CCOC1CC(C=C(C)C2OC(=O)C3CCCCN3C(=O)C(=O)C3(O)OC(C(OC)CC(C)CC(C)=CC(CC)C(=O)CCC2C)C(OC)CC3C)CCC1O[Si](C)(C)C(C)(C)C. The first-order valence-electron chi connectivity index (χ1n) is 24.3. The molecule has 2 bridgehead atoms. The normalized spacial score (nSPS) is 36.4. The maximum absolute atomic E-state index is 14.5. The van der Waals surface area contributed by atoms with E-state index in [0.717, 1.165) is 30.4 Å². The minimum absolute atomic E-state index is 0.0403. The maximum Gasteiger partial charge on any atom is 0.329 e. The summed E-state index contributed by atoms with van der Waals surface area (Å²) in [4.78, 5) is 58.5. The van der Waals surface area contributed by atoms with Crippen LogP contribution in [0, 0.1) is 29.6 Å². The minimum Gasteiger partial charge on any atom is -0.456 e. The number of piperidine rings is 1. The Morgan fingerprint density at radius 3 is 2.27 bits per heavy atom. The van der Waals surface area contributed by atoms with Gasteiger partial charge in [0.1, 0.15) is 24.0 Å². The van der Waals surface area contributed by atoms with Crippen molar-refractivity contribution >= 4 is 31.8 Å². The van der Waals surface area contributed by atoms with Crippen molar-refractivity contribution in [2.75, 3.05) is 27.4 Å². The number of allylic oxidation sites excluding steroid dienone is 3. The van der Waals surface area contributed by atoms with E-state index in [4.69, 9.17) is 28.1 Å². The number of amides is 1. The molecule has 0 radical (unpaired) electrons. The van der Waals surface area contributed by atoms with Crippen LogP contribution in [0.25, 0.3) is 0 Å². The topological polar surface area (TPSA) is 147 Å². The number of Topliss-reactive ketones (excluding diaryl/α,β-unsaturated/α-hetero) is 2. The van der Waals surface area contributed by atoms with E-state index in [1.807, 2.05) is 27.7 Å². The van der Waals surface area contributed by atoms with Crippen LogP contribution in [0.5, 0.6) is 0 Å². The van der Waals surface area contributed by atoms with E-state index in [1.54, 1.807) is 27.2 Å². The zero-order chi connectivity index (χ0) is 47.7. The lowest BCUT2D eigenvalue weighted by Crippen LogP contribution is -2.64. The van der Waals surface area contributed by atoms with Crippen LogP contribution < -0.4 is 0 Å². The summed E-state index contributed by atoms with van der Waals surface area (Å²) in [5, 5.41) is 12.2. The number of carbonyl (C=O) groups excluding carboxylic acids is 4. The van der Waals surface area contributed by atoms with E-state index in [-0.39, 0.29) is 59.7 Å². The van der Waals surface area contributed by atoms with Crippen molar-refractivity contribution in [1.29, 1.82) is 0 Å². The van der Waals surface area contributed by atoms with Gasteiger partial charge >= 0.3 is 5.97 Å². The highest BCUT2D eigenvalue weighted by Gasteiger charge is 2.56. The standard InChI is InChI=1S/C51H85NO11Si/c1-15-25-60-42-31-37(21-23-41(42)63-64(13,14)50(8,9)10)29-35(6)45-34(5)20-22-40(53)38(16-2)27-32(3)26-33(4)28-43(58-11)46-44(59-12)30-36(7)51(57,62-46)47(54)48(55)52-24-18-17-19-39(52)49(56)61-45/h15,27,29,33-34,36-39,41-46,57H,1,16-26,28,30-31H2,2-14H3. The van der Waals surface area contributed by atoms with Gasteiger partial charge in [0.15, 0.2) is 8.32 Å². The van der Waals surface area contributed by atoms with E-state index in [1.165, 1.54) is 4.90 Å². The predicted molar refractivity (Wildman–Crippen MR) is 252 cm³/mol. The first-order chi connectivity index (χ1) is 30.0. The molecule has 0 spiro atoms. The number of hydrogen-bond acceptors (Lipinski definition) is 11. The van der Waals surface area contributed by atoms with Crippen LogP contribution in [0.2, 0.25) is 18.1 Å². The number of ether oxygens (including phenoxy) is 5. The molecular formula is C51H85NO11Si. The molecule has 1 amide bonds. The molecule has 13 atom stereocenters. The van der Waals surface area contributed by atoms with Crippen molar-refractivity contribution < 1.29 is 52.4 Å². The van der Waals surface area contributed by atoms with Gasteiger partial charge in [-0.25, -0.2) is 4.79 Å². The van der Waals surface area contributed by atoms with Gasteiger partial charge in [0, 0.05) is 39.0 Å². The van der Waals surface area contributed by atoms with Crippen LogP contribution in [0.1, 0.15) is 139 Å². The number of cyclic esters (lactones) is 1. The van der Waals surface area contributed by atoms with Gasteiger partial charge in [0.05, 0.1) is 31.0 Å². The molecule has 0 aromatic rings. The van der Waals surface area contributed by atoms with Crippen LogP contribution in [-0.4, -0.2) is 118 Å². The molecule has 1 saturated carbocycles. The third kappa shape index (κ3) is 13.3. The van der Waals surface area contributed by atoms with Gasteiger partial charge in [0.25, 0.3) is 11.7 Å². The number of aliphatic hydroxyl groups is 1. The molecule has 4 rings (SSSR count). The molecule has 12 nitrogen and oxygen atoms in total. The second-order valence-electron chi connectivity index (χ2n) is 21.3. The molecule has 3 heterocycles. The van der Waals surface area contributed by atoms with Crippen molar-refractivity contribution in [2.45, 2.75) is 206 Å². The van der Waals surface area contributed by atoms with Crippen molar-refractivity contribution in [3.8, 4) is 0 Å². The fraction of sp³-hybridized carbons (Fsp3) is 0.804. The Kier molecular flexibility index (Phi) is 19.8. The number of carbonyl (C=O) groups is 4. The average molecular weight is 916 g/mol. The zero-order valence-corrected chi connectivity index (χ0v) is 42.7. The molecule has 3 aliphatic heterocycles. The third-order valence-electron chi connectivity index (χ3n) is 15.1. The number of fused-ring (bicyclic) bond motifs is 3. The molecule has 3 fully saturated rings. The quantitative estimate of drug-likeness (QED) is 0.0969. The Bertz CT molecular complexity index is 1670. The van der Waals surface area contributed by atoms with Crippen LogP contribution in [-0.2, 0) is 47.3 Å². The first kappa shape index (κ1) is 54.1. The number of rotatable bonds is 10. The van der Waals surface area contributed by atoms with Gasteiger partial charge in [-0.2, -0.15) is 0 Å². The maximum atomic E-state index is 14.5. The zero-order valence-electron chi connectivity index (χ0n) is 41.7. The van der Waals surface area contributed by atoms with E-state index in [2.05, 4.69) is 59.5 Å². The van der Waals surface area contributed by atoms with E-state index in [0.29, 0.717) is 58.0 Å². The van der Waals surface area contributed by atoms with Gasteiger partial charge < -0.3 is 38.1 Å². The number of hydrogen-bond donors (Lipinski definition) is 1. The summed E-state index contributed by atoms with van der Waals surface area (Å²) in [7, 11) is 1.04. The van der Waals surface area contributed by atoms with Crippen LogP contribution >= 0.6 is 0 Å². The summed E-state index contributed by atoms with van der Waals surface area (Å²) in [5.74, 6) is -6.11. The largest absolute Gasteiger partial charge is 0.456 e. The van der Waals surface area contributed by atoms with Crippen LogP contribution in [0.4, 0.5) is 0 Å². The summed E-state index contributed by atoms with van der Waals surface area (Å²) in [6.07, 6.45) is 10.1. The molecule has 364 valence electrons.